The van der Waals surface area contributed by atoms with Crippen LogP contribution in [0.5, 0.6) is 0 Å². The quantitative estimate of drug-likeness (QED) is 0.863. The van der Waals surface area contributed by atoms with Gasteiger partial charge in [0.05, 0.1) is 12.1 Å². The second-order valence-corrected chi connectivity index (χ2v) is 6.02. The van der Waals surface area contributed by atoms with E-state index >= 15 is 0 Å². The van der Waals surface area contributed by atoms with Crippen LogP contribution >= 0.6 is 11.3 Å². The SMILES string of the molecule is CC(O)CC1CCCN1C(C)C(=O)Nc1nccs1. The molecule has 5 nitrogen and oxygen atoms in total. The van der Waals surface area contributed by atoms with Crippen molar-refractivity contribution in [1.82, 2.24) is 9.88 Å². The molecule has 1 fully saturated rings. The molecule has 0 aromatic carbocycles. The number of thiazole rings is 1. The van der Waals surface area contributed by atoms with Gasteiger partial charge in [-0.2, -0.15) is 0 Å². The zero-order chi connectivity index (χ0) is 13.8. The van der Waals surface area contributed by atoms with Gasteiger partial charge < -0.3 is 10.4 Å². The lowest BCUT2D eigenvalue weighted by atomic mass is 10.1. The van der Waals surface area contributed by atoms with Crippen molar-refractivity contribution in [1.29, 1.82) is 0 Å². The Bertz CT molecular complexity index is 408. The number of carbonyl (C=O) groups excluding carboxylic acids is 1. The van der Waals surface area contributed by atoms with Crippen molar-refractivity contribution in [2.75, 3.05) is 11.9 Å². The van der Waals surface area contributed by atoms with Crippen molar-refractivity contribution in [3.8, 4) is 0 Å². The Labute approximate surface area is 117 Å². The molecule has 6 heteroatoms. The number of aliphatic hydroxyl groups is 1. The lowest BCUT2D eigenvalue weighted by Crippen LogP contribution is -2.45. The van der Waals surface area contributed by atoms with E-state index in [4.69, 9.17) is 0 Å². The Morgan fingerprint density at radius 2 is 2.47 bits per heavy atom. The van der Waals surface area contributed by atoms with Gasteiger partial charge in [0, 0.05) is 17.6 Å². The number of likely N-dealkylation sites (tertiary alicyclic amines) is 1. The molecular weight excluding hydrogens is 262 g/mol. The molecule has 106 valence electrons. The molecule has 1 saturated heterocycles. The molecule has 2 heterocycles. The maximum absolute atomic E-state index is 12.2. The number of aromatic nitrogens is 1. The predicted octanol–water partition coefficient (Wildman–Crippen LogP) is 1.71. The van der Waals surface area contributed by atoms with E-state index in [1.807, 2.05) is 12.3 Å². The van der Waals surface area contributed by atoms with Gasteiger partial charge in [0.15, 0.2) is 5.13 Å². The summed E-state index contributed by atoms with van der Waals surface area (Å²) in [5.74, 6) is -0.0209. The van der Waals surface area contributed by atoms with Crippen molar-refractivity contribution in [3.63, 3.8) is 0 Å². The first-order valence-corrected chi connectivity index (χ1v) is 7.60. The largest absolute Gasteiger partial charge is 0.393 e. The molecule has 1 aromatic heterocycles. The average Bonchev–Trinajstić information content (AvgIpc) is 2.98. The number of nitrogens with one attached hydrogen (secondary N) is 1. The smallest absolute Gasteiger partial charge is 0.243 e. The van der Waals surface area contributed by atoms with Crippen LogP contribution in [0.25, 0.3) is 0 Å². The first-order valence-electron chi connectivity index (χ1n) is 6.72. The van der Waals surface area contributed by atoms with Crippen molar-refractivity contribution in [2.24, 2.45) is 0 Å². The number of carbonyl (C=O) groups is 1. The Kier molecular flexibility index (Phi) is 4.90. The molecule has 0 saturated carbocycles. The third-order valence-corrected chi connectivity index (χ3v) is 4.26. The molecule has 0 aliphatic carbocycles. The van der Waals surface area contributed by atoms with E-state index in [2.05, 4.69) is 15.2 Å². The van der Waals surface area contributed by atoms with Crippen LogP contribution in [-0.4, -0.2) is 45.6 Å². The van der Waals surface area contributed by atoms with Crippen molar-refractivity contribution >= 4 is 22.4 Å². The van der Waals surface area contributed by atoms with Gasteiger partial charge in [-0.1, -0.05) is 0 Å². The van der Waals surface area contributed by atoms with Gasteiger partial charge in [-0.15, -0.1) is 11.3 Å². The van der Waals surface area contributed by atoms with E-state index in [-0.39, 0.29) is 18.1 Å². The van der Waals surface area contributed by atoms with Crippen molar-refractivity contribution in [3.05, 3.63) is 11.6 Å². The molecule has 2 rings (SSSR count). The zero-order valence-corrected chi connectivity index (χ0v) is 12.2. The second-order valence-electron chi connectivity index (χ2n) is 5.12. The Hall–Kier alpha value is -0.980. The van der Waals surface area contributed by atoms with E-state index in [1.165, 1.54) is 11.3 Å². The summed E-state index contributed by atoms with van der Waals surface area (Å²) in [6.07, 6.45) is 4.23. The van der Waals surface area contributed by atoms with E-state index < -0.39 is 0 Å². The summed E-state index contributed by atoms with van der Waals surface area (Å²) >= 11 is 1.42. The fourth-order valence-corrected chi connectivity index (χ4v) is 3.19. The van der Waals surface area contributed by atoms with Gasteiger partial charge in [-0.25, -0.2) is 4.98 Å². The summed E-state index contributed by atoms with van der Waals surface area (Å²) in [7, 11) is 0. The number of anilines is 1. The lowest BCUT2D eigenvalue weighted by molar-refractivity contribution is -0.121. The molecule has 1 aliphatic heterocycles. The van der Waals surface area contributed by atoms with Crippen LogP contribution in [0, 0.1) is 0 Å². The van der Waals surface area contributed by atoms with Crippen LogP contribution in [0.1, 0.15) is 33.1 Å². The van der Waals surface area contributed by atoms with E-state index in [9.17, 15) is 9.90 Å². The molecule has 3 atom stereocenters. The topological polar surface area (TPSA) is 65.5 Å². The maximum atomic E-state index is 12.2. The summed E-state index contributed by atoms with van der Waals surface area (Å²) in [5.41, 5.74) is 0. The van der Waals surface area contributed by atoms with Crippen molar-refractivity contribution < 1.29 is 9.90 Å². The predicted molar refractivity (Wildman–Crippen MR) is 76.2 cm³/mol. The monoisotopic (exact) mass is 283 g/mol. The van der Waals surface area contributed by atoms with Crippen LogP contribution in [0.15, 0.2) is 11.6 Å². The molecule has 1 amide bonds. The number of aliphatic hydroxyl groups excluding tert-OH is 1. The summed E-state index contributed by atoms with van der Waals surface area (Å²) in [6, 6.07) is 0.118. The normalized spacial score (nSPS) is 23.2. The number of amides is 1. The lowest BCUT2D eigenvalue weighted by Gasteiger charge is -2.30. The molecule has 1 aliphatic rings. The van der Waals surface area contributed by atoms with Gasteiger partial charge in [0.2, 0.25) is 5.91 Å². The van der Waals surface area contributed by atoms with E-state index in [0.29, 0.717) is 11.2 Å². The Morgan fingerprint density at radius 3 is 3.11 bits per heavy atom. The second kappa shape index (κ2) is 6.45. The van der Waals surface area contributed by atoms with Gasteiger partial charge in [0.25, 0.3) is 0 Å². The van der Waals surface area contributed by atoms with Crippen LogP contribution in [0.3, 0.4) is 0 Å². The summed E-state index contributed by atoms with van der Waals surface area (Å²) < 4.78 is 0. The molecule has 3 unspecified atom stereocenters. The Morgan fingerprint density at radius 1 is 1.68 bits per heavy atom. The summed E-state index contributed by atoms with van der Waals surface area (Å²) in [4.78, 5) is 18.4. The number of hydrogen-bond acceptors (Lipinski definition) is 5. The minimum absolute atomic E-state index is 0.0209. The molecular formula is C13H21N3O2S. The highest BCUT2D eigenvalue weighted by atomic mass is 32.1. The van der Waals surface area contributed by atoms with E-state index in [1.54, 1.807) is 13.1 Å². The van der Waals surface area contributed by atoms with Crippen LogP contribution in [0.2, 0.25) is 0 Å². The number of hydrogen-bond donors (Lipinski definition) is 2. The highest BCUT2D eigenvalue weighted by molar-refractivity contribution is 7.13. The summed E-state index contributed by atoms with van der Waals surface area (Å²) in [5, 5.41) is 14.8. The first-order chi connectivity index (χ1) is 9.08. The fraction of sp³-hybridized carbons (Fsp3) is 0.692. The molecule has 19 heavy (non-hydrogen) atoms. The van der Waals surface area contributed by atoms with Gasteiger partial charge in [-0.3, -0.25) is 9.69 Å². The molecule has 0 radical (unpaired) electrons. The minimum Gasteiger partial charge on any atom is -0.393 e. The van der Waals surface area contributed by atoms with E-state index in [0.717, 1.165) is 25.8 Å². The fourth-order valence-electron chi connectivity index (χ4n) is 2.66. The Balaban J connectivity index is 1.94. The van der Waals surface area contributed by atoms with Crippen LogP contribution in [0.4, 0.5) is 5.13 Å². The maximum Gasteiger partial charge on any atom is 0.243 e. The standard InChI is InChI=1S/C13H21N3O2S/c1-9(17)8-11-4-3-6-16(11)10(2)12(18)15-13-14-5-7-19-13/h5,7,9-11,17H,3-4,6,8H2,1-2H3,(H,14,15,18). The third-order valence-electron chi connectivity index (χ3n) is 3.58. The highest BCUT2D eigenvalue weighted by Crippen LogP contribution is 2.24. The first kappa shape index (κ1) is 14.4. The van der Waals surface area contributed by atoms with Gasteiger partial charge >= 0.3 is 0 Å². The number of nitrogens with zero attached hydrogens (tertiary/aromatic N) is 2. The van der Waals surface area contributed by atoms with Crippen LogP contribution in [-0.2, 0) is 4.79 Å². The molecule has 1 aromatic rings. The molecule has 0 bridgehead atoms. The third kappa shape index (κ3) is 3.75. The van der Waals surface area contributed by atoms with Gasteiger partial charge in [0.1, 0.15) is 0 Å². The zero-order valence-electron chi connectivity index (χ0n) is 11.4. The number of rotatable bonds is 5. The molecule has 2 N–H and O–H groups in total. The highest BCUT2D eigenvalue weighted by Gasteiger charge is 2.32. The van der Waals surface area contributed by atoms with Crippen LogP contribution < -0.4 is 5.32 Å². The minimum atomic E-state index is -0.320. The average molecular weight is 283 g/mol. The van der Waals surface area contributed by atoms with Gasteiger partial charge in [-0.05, 0) is 39.7 Å². The summed E-state index contributed by atoms with van der Waals surface area (Å²) in [6.45, 7) is 4.64. The van der Waals surface area contributed by atoms with Crippen molar-refractivity contribution in [2.45, 2.75) is 51.3 Å². The molecule has 0 spiro atoms.